The molecule has 17 heavy (non-hydrogen) atoms. The summed E-state index contributed by atoms with van der Waals surface area (Å²) in [6.45, 7) is 4.20. The SMILES string of the molecule is C=CCOC(=O)COCC1(CO)CCCCC1. The first kappa shape index (κ1) is 14.2. The van der Waals surface area contributed by atoms with E-state index in [2.05, 4.69) is 6.58 Å². The summed E-state index contributed by atoms with van der Waals surface area (Å²) in [4.78, 5) is 11.2. The van der Waals surface area contributed by atoms with Gasteiger partial charge in [0.1, 0.15) is 13.2 Å². The smallest absolute Gasteiger partial charge is 0.332 e. The van der Waals surface area contributed by atoms with Gasteiger partial charge in [-0.1, -0.05) is 31.9 Å². The van der Waals surface area contributed by atoms with Crippen molar-refractivity contribution >= 4 is 5.97 Å². The summed E-state index contributed by atoms with van der Waals surface area (Å²) in [5.41, 5.74) is -0.142. The van der Waals surface area contributed by atoms with E-state index in [1.807, 2.05) is 0 Å². The quantitative estimate of drug-likeness (QED) is 0.545. The Hall–Kier alpha value is -0.870. The summed E-state index contributed by atoms with van der Waals surface area (Å²) in [5.74, 6) is -0.381. The zero-order valence-electron chi connectivity index (χ0n) is 10.3. The Morgan fingerprint density at radius 1 is 1.35 bits per heavy atom. The van der Waals surface area contributed by atoms with Crippen molar-refractivity contribution in [2.24, 2.45) is 5.41 Å². The van der Waals surface area contributed by atoms with Gasteiger partial charge >= 0.3 is 5.97 Å². The van der Waals surface area contributed by atoms with Crippen molar-refractivity contribution < 1.29 is 19.4 Å². The number of carbonyl (C=O) groups excluding carboxylic acids is 1. The molecule has 0 aliphatic heterocycles. The van der Waals surface area contributed by atoms with Crippen LogP contribution in [0.3, 0.4) is 0 Å². The van der Waals surface area contributed by atoms with Gasteiger partial charge in [0.2, 0.25) is 0 Å². The molecule has 1 saturated carbocycles. The van der Waals surface area contributed by atoms with E-state index in [1.165, 1.54) is 12.5 Å². The van der Waals surface area contributed by atoms with E-state index >= 15 is 0 Å². The van der Waals surface area contributed by atoms with Crippen LogP contribution in [0.25, 0.3) is 0 Å². The average Bonchev–Trinajstić information content (AvgIpc) is 2.37. The minimum absolute atomic E-state index is 0.0460. The van der Waals surface area contributed by atoms with Gasteiger partial charge in [-0.25, -0.2) is 4.79 Å². The lowest BCUT2D eigenvalue weighted by atomic mass is 9.75. The molecule has 0 spiro atoms. The molecule has 0 aromatic heterocycles. The third-order valence-electron chi connectivity index (χ3n) is 3.24. The van der Waals surface area contributed by atoms with Crippen LogP contribution in [0, 0.1) is 5.41 Å². The number of rotatable bonds is 7. The van der Waals surface area contributed by atoms with E-state index < -0.39 is 0 Å². The molecule has 4 heteroatoms. The number of hydrogen-bond acceptors (Lipinski definition) is 4. The second-order valence-corrected chi connectivity index (χ2v) is 4.68. The highest BCUT2D eigenvalue weighted by atomic mass is 16.6. The predicted molar refractivity (Wildman–Crippen MR) is 64.6 cm³/mol. The molecule has 1 aliphatic rings. The lowest BCUT2D eigenvalue weighted by Gasteiger charge is -2.35. The maximum atomic E-state index is 11.2. The third kappa shape index (κ3) is 4.88. The number of aliphatic hydroxyl groups excluding tert-OH is 1. The number of esters is 1. The second kappa shape index (κ2) is 7.45. The average molecular weight is 242 g/mol. The lowest BCUT2D eigenvalue weighted by molar-refractivity contribution is -0.149. The Morgan fingerprint density at radius 3 is 2.65 bits per heavy atom. The van der Waals surface area contributed by atoms with E-state index in [4.69, 9.17) is 9.47 Å². The predicted octanol–water partition coefficient (Wildman–Crippen LogP) is 1.68. The first-order chi connectivity index (χ1) is 8.22. The van der Waals surface area contributed by atoms with Gasteiger partial charge < -0.3 is 14.6 Å². The fourth-order valence-corrected chi connectivity index (χ4v) is 2.19. The first-order valence-corrected chi connectivity index (χ1v) is 6.17. The topological polar surface area (TPSA) is 55.8 Å². The molecule has 0 bridgehead atoms. The van der Waals surface area contributed by atoms with E-state index in [1.54, 1.807) is 0 Å². The molecular formula is C13H22O4. The second-order valence-electron chi connectivity index (χ2n) is 4.68. The van der Waals surface area contributed by atoms with E-state index in [9.17, 15) is 9.90 Å². The standard InChI is InChI=1S/C13H22O4/c1-2-8-17-12(15)9-16-11-13(10-14)6-4-3-5-7-13/h2,14H,1,3-11H2. The van der Waals surface area contributed by atoms with Gasteiger partial charge in [0.25, 0.3) is 0 Å². The molecular weight excluding hydrogens is 220 g/mol. The van der Waals surface area contributed by atoms with Crippen molar-refractivity contribution in [3.05, 3.63) is 12.7 Å². The van der Waals surface area contributed by atoms with Gasteiger partial charge in [0.15, 0.2) is 0 Å². The zero-order valence-corrected chi connectivity index (χ0v) is 10.3. The number of aliphatic hydroxyl groups is 1. The molecule has 98 valence electrons. The van der Waals surface area contributed by atoms with Crippen LogP contribution in [0.4, 0.5) is 0 Å². The van der Waals surface area contributed by atoms with Crippen molar-refractivity contribution in [3.8, 4) is 0 Å². The Labute approximate surface area is 103 Å². The van der Waals surface area contributed by atoms with Gasteiger partial charge in [-0.05, 0) is 12.8 Å². The van der Waals surface area contributed by atoms with E-state index in [0.717, 1.165) is 25.7 Å². The van der Waals surface area contributed by atoms with Gasteiger partial charge in [-0.15, -0.1) is 0 Å². The molecule has 0 radical (unpaired) electrons. The van der Waals surface area contributed by atoms with Crippen LogP contribution in [0.15, 0.2) is 12.7 Å². The highest BCUT2D eigenvalue weighted by Crippen LogP contribution is 2.35. The summed E-state index contributed by atoms with van der Waals surface area (Å²) in [6, 6.07) is 0. The fourth-order valence-electron chi connectivity index (χ4n) is 2.19. The third-order valence-corrected chi connectivity index (χ3v) is 3.24. The summed E-state index contributed by atoms with van der Waals surface area (Å²) < 4.78 is 10.2. The van der Waals surface area contributed by atoms with Crippen LogP contribution < -0.4 is 0 Å². The molecule has 0 heterocycles. The molecule has 0 saturated heterocycles. The van der Waals surface area contributed by atoms with Crippen molar-refractivity contribution in [1.29, 1.82) is 0 Å². The molecule has 1 aliphatic carbocycles. The summed E-state index contributed by atoms with van der Waals surface area (Å²) in [6.07, 6.45) is 6.96. The first-order valence-electron chi connectivity index (χ1n) is 6.17. The van der Waals surface area contributed by atoms with Gasteiger partial charge in [0.05, 0.1) is 13.2 Å². The van der Waals surface area contributed by atoms with Crippen molar-refractivity contribution in [2.75, 3.05) is 26.4 Å². The monoisotopic (exact) mass is 242 g/mol. The van der Waals surface area contributed by atoms with E-state index in [-0.39, 0.29) is 31.2 Å². The van der Waals surface area contributed by atoms with Crippen LogP contribution in [0.5, 0.6) is 0 Å². The Bertz CT molecular complexity index is 244. The van der Waals surface area contributed by atoms with Crippen molar-refractivity contribution in [1.82, 2.24) is 0 Å². The van der Waals surface area contributed by atoms with Crippen LogP contribution in [-0.4, -0.2) is 37.5 Å². The Morgan fingerprint density at radius 2 is 2.06 bits per heavy atom. The molecule has 1 fully saturated rings. The largest absolute Gasteiger partial charge is 0.460 e. The summed E-state index contributed by atoms with van der Waals surface area (Å²) in [5, 5.41) is 9.44. The maximum Gasteiger partial charge on any atom is 0.332 e. The molecule has 0 aromatic carbocycles. The van der Waals surface area contributed by atoms with Crippen molar-refractivity contribution in [2.45, 2.75) is 32.1 Å². The number of carbonyl (C=O) groups is 1. The Kier molecular flexibility index (Phi) is 6.22. The number of hydrogen-bond donors (Lipinski definition) is 1. The fraction of sp³-hybridized carbons (Fsp3) is 0.769. The number of ether oxygens (including phenoxy) is 2. The Balaban J connectivity index is 2.23. The highest BCUT2D eigenvalue weighted by molar-refractivity contribution is 5.70. The summed E-state index contributed by atoms with van der Waals surface area (Å²) >= 11 is 0. The maximum absolute atomic E-state index is 11.2. The normalized spacial score (nSPS) is 18.6. The molecule has 0 amide bonds. The van der Waals surface area contributed by atoms with Crippen molar-refractivity contribution in [3.63, 3.8) is 0 Å². The summed E-state index contributed by atoms with van der Waals surface area (Å²) in [7, 11) is 0. The minimum Gasteiger partial charge on any atom is -0.460 e. The molecule has 4 nitrogen and oxygen atoms in total. The van der Waals surface area contributed by atoms with E-state index in [0.29, 0.717) is 6.61 Å². The van der Waals surface area contributed by atoms with Crippen LogP contribution >= 0.6 is 0 Å². The highest BCUT2D eigenvalue weighted by Gasteiger charge is 2.31. The minimum atomic E-state index is -0.381. The van der Waals surface area contributed by atoms with Gasteiger partial charge in [0, 0.05) is 5.41 Å². The van der Waals surface area contributed by atoms with Gasteiger partial charge in [-0.3, -0.25) is 0 Å². The van der Waals surface area contributed by atoms with Crippen LogP contribution in [-0.2, 0) is 14.3 Å². The van der Waals surface area contributed by atoms with Gasteiger partial charge in [-0.2, -0.15) is 0 Å². The molecule has 0 atom stereocenters. The molecule has 1 N–H and O–H groups in total. The van der Waals surface area contributed by atoms with Crippen LogP contribution in [0.2, 0.25) is 0 Å². The zero-order chi connectivity index (χ0) is 12.6. The molecule has 1 rings (SSSR count). The van der Waals surface area contributed by atoms with Crippen LogP contribution in [0.1, 0.15) is 32.1 Å². The lowest BCUT2D eigenvalue weighted by Crippen LogP contribution is -2.34. The molecule has 0 aromatic rings. The molecule has 0 unspecified atom stereocenters.